The van der Waals surface area contributed by atoms with Gasteiger partial charge in [-0.05, 0) is 38.0 Å². The summed E-state index contributed by atoms with van der Waals surface area (Å²) >= 11 is 6.40. The number of anilines is 1. The molecular formula is C20H23ClN4O2. The molecule has 2 rings (SSSR count). The van der Waals surface area contributed by atoms with Gasteiger partial charge in [0.25, 0.3) is 5.91 Å². The van der Waals surface area contributed by atoms with E-state index in [4.69, 9.17) is 16.3 Å². The van der Waals surface area contributed by atoms with Gasteiger partial charge < -0.3 is 10.1 Å². The van der Waals surface area contributed by atoms with E-state index in [1.807, 2.05) is 19.1 Å². The lowest BCUT2D eigenvalue weighted by atomic mass is 10.1. The fourth-order valence-corrected chi connectivity index (χ4v) is 2.83. The quantitative estimate of drug-likeness (QED) is 0.563. The van der Waals surface area contributed by atoms with E-state index in [0.29, 0.717) is 46.9 Å². The van der Waals surface area contributed by atoms with Crippen LogP contribution in [0.4, 0.5) is 5.69 Å². The molecule has 0 atom stereocenters. The minimum Gasteiger partial charge on any atom is -0.492 e. The lowest BCUT2D eigenvalue weighted by Gasteiger charge is -2.10. The molecule has 6 nitrogen and oxygen atoms in total. The number of halogens is 1. The summed E-state index contributed by atoms with van der Waals surface area (Å²) in [5.74, 6) is 0.383. The highest BCUT2D eigenvalue weighted by Crippen LogP contribution is 2.26. The fourth-order valence-electron chi connectivity index (χ4n) is 2.53. The number of nitriles is 1. The Balaban J connectivity index is 2.31. The van der Waals surface area contributed by atoms with Gasteiger partial charge in [-0.2, -0.15) is 10.4 Å². The smallest absolute Gasteiger partial charge is 0.266 e. The van der Waals surface area contributed by atoms with Gasteiger partial charge >= 0.3 is 0 Å². The molecule has 142 valence electrons. The van der Waals surface area contributed by atoms with Gasteiger partial charge in [-0.1, -0.05) is 37.6 Å². The van der Waals surface area contributed by atoms with Gasteiger partial charge in [-0.15, -0.1) is 0 Å². The number of aryl methyl sites for hydroxylation is 1. The molecule has 0 unspecified atom stereocenters. The molecule has 1 heterocycles. The summed E-state index contributed by atoms with van der Waals surface area (Å²) in [4.78, 5) is 12.6. The lowest BCUT2D eigenvalue weighted by molar-refractivity contribution is -0.112. The summed E-state index contributed by atoms with van der Waals surface area (Å²) in [7, 11) is 0. The van der Waals surface area contributed by atoms with E-state index >= 15 is 0 Å². The van der Waals surface area contributed by atoms with Crippen molar-refractivity contribution >= 4 is 29.3 Å². The number of rotatable bonds is 7. The Kier molecular flexibility index (Phi) is 7.03. The van der Waals surface area contributed by atoms with E-state index in [1.165, 1.54) is 6.08 Å². The van der Waals surface area contributed by atoms with Crippen molar-refractivity contribution in [3.63, 3.8) is 0 Å². The van der Waals surface area contributed by atoms with Crippen molar-refractivity contribution in [3.8, 4) is 11.8 Å². The average Bonchev–Trinajstić information content (AvgIpc) is 2.87. The van der Waals surface area contributed by atoms with Crippen LogP contribution in [0.2, 0.25) is 5.15 Å². The Labute approximate surface area is 164 Å². The van der Waals surface area contributed by atoms with Crippen molar-refractivity contribution in [1.29, 1.82) is 5.26 Å². The molecule has 1 aromatic heterocycles. The Hall–Kier alpha value is -2.78. The van der Waals surface area contributed by atoms with Crippen molar-refractivity contribution < 1.29 is 9.53 Å². The summed E-state index contributed by atoms with van der Waals surface area (Å²) in [5, 5.41) is 17.0. The number of hydrogen-bond acceptors (Lipinski definition) is 4. The minimum atomic E-state index is -0.531. The number of hydrogen-bond donors (Lipinski definition) is 1. The molecular weight excluding hydrogens is 364 g/mol. The molecule has 0 aliphatic carbocycles. The molecule has 0 aliphatic rings. The van der Waals surface area contributed by atoms with Crippen LogP contribution in [0.25, 0.3) is 6.08 Å². The van der Waals surface area contributed by atoms with Crippen LogP contribution >= 0.6 is 11.6 Å². The predicted octanol–water partition coefficient (Wildman–Crippen LogP) is 4.45. The van der Waals surface area contributed by atoms with Crippen molar-refractivity contribution in [3.05, 3.63) is 46.2 Å². The number of carbonyl (C=O) groups excluding carboxylic acids is 1. The molecule has 0 radical (unpaired) electrons. The monoisotopic (exact) mass is 386 g/mol. The number of carbonyl (C=O) groups is 1. The van der Waals surface area contributed by atoms with Crippen molar-refractivity contribution in [2.24, 2.45) is 5.92 Å². The normalized spacial score (nSPS) is 11.4. The SMILES string of the molecule is CCOc1ccccc1NC(=O)/C(C#N)=C/c1c(C)nn(CC(C)C)c1Cl. The highest BCUT2D eigenvalue weighted by Gasteiger charge is 2.17. The molecule has 0 spiro atoms. The van der Waals surface area contributed by atoms with Crippen LogP contribution in [-0.4, -0.2) is 22.3 Å². The van der Waals surface area contributed by atoms with E-state index in [-0.39, 0.29) is 5.57 Å². The summed E-state index contributed by atoms with van der Waals surface area (Å²) < 4.78 is 7.18. The Morgan fingerprint density at radius 3 is 2.78 bits per heavy atom. The topological polar surface area (TPSA) is 79.9 Å². The third kappa shape index (κ3) is 5.11. The van der Waals surface area contributed by atoms with Gasteiger partial charge in [0.15, 0.2) is 0 Å². The molecule has 0 saturated heterocycles. The summed E-state index contributed by atoms with van der Waals surface area (Å²) in [5.41, 5.74) is 1.68. The molecule has 27 heavy (non-hydrogen) atoms. The van der Waals surface area contributed by atoms with E-state index in [1.54, 1.807) is 29.8 Å². The number of nitrogens with one attached hydrogen (secondary N) is 1. The van der Waals surface area contributed by atoms with Crippen LogP contribution in [0.15, 0.2) is 29.8 Å². The number of ether oxygens (including phenoxy) is 1. The first kappa shape index (κ1) is 20.5. The number of amides is 1. The van der Waals surface area contributed by atoms with Crippen molar-refractivity contribution in [2.75, 3.05) is 11.9 Å². The maximum Gasteiger partial charge on any atom is 0.266 e. The number of para-hydroxylation sites is 2. The highest BCUT2D eigenvalue weighted by atomic mass is 35.5. The first-order valence-corrected chi connectivity index (χ1v) is 9.13. The fraction of sp³-hybridized carbons (Fsp3) is 0.350. The largest absolute Gasteiger partial charge is 0.492 e. The summed E-state index contributed by atoms with van der Waals surface area (Å²) in [6.45, 7) is 8.91. The van der Waals surface area contributed by atoms with Gasteiger partial charge in [0.1, 0.15) is 22.5 Å². The van der Waals surface area contributed by atoms with Gasteiger partial charge in [-0.25, -0.2) is 0 Å². The Bertz CT molecular complexity index is 894. The highest BCUT2D eigenvalue weighted by molar-refractivity contribution is 6.31. The number of nitrogens with zero attached hydrogens (tertiary/aromatic N) is 3. The molecule has 0 aliphatic heterocycles. The minimum absolute atomic E-state index is 0.0598. The first-order valence-electron chi connectivity index (χ1n) is 8.75. The van der Waals surface area contributed by atoms with Crippen molar-refractivity contribution in [1.82, 2.24) is 9.78 Å². The van der Waals surface area contributed by atoms with E-state index < -0.39 is 5.91 Å². The third-order valence-corrected chi connectivity index (χ3v) is 4.14. The molecule has 0 bridgehead atoms. The zero-order valence-electron chi connectivity index (χ0n) is 15.9. The van der Waals surface area contributed by atoms with E-state index in [9.17, 15) is 10.1 Å². The van der Waals surface area contributed by atoms with Crippen LogP contribution in [0.5, 0.6) is 5.75 Å². The Morgan fingerprint density at radius 1 is 1.44 bits per heavy atom. The Morgan fingerprint density at radius 2 is 2.15 bits per heavy atom. The molecule has 1 aromatic carbocycles. The second-order valence-corrected chi connectivity index (χ2v) is 6.78. The van der Waals surface area contributed by atoms with E-state index in [0.717, 1.165) is 0 Å². The summed E-state index contributed by atoms with van der Waals surface area (Å²) in [6.07, 6.45) is 1.47. The van der Waals surface area contributed by atoms with Gasteiger partial charge in [0.05, 0.1) is 18.0 Å². The second-order valence-electron chi connectivity index (χ2n) is 6.42. The zero-order valence-corrected chi connectivity index (χ0v) is 16.7. The van der Waals surface area contributed by atoms with Crippen LogP contribution in [0.1, 0.15) is 32.0 Å². The second kappa shape index (κ2) is 9.24. The third-order valence-electron chi connectivity index (χ3n) is 3.74. The van der Waals surface area contributed by atoms with Crippen LogP contribution in [0, 0.1) is 24.2 Å². The number of aromatic nitrogens is 2. The zero-order chi connectivity index (χ0) is 20.0. The maximum atomic E-state index is 12.6. The number of benzene rings is 1. The van der Waals surface area contributed by atoms with Gasteiger partial charge in [0.2, 0.25) is 0 Å². The molecule has 0 saturated carbocycles. The standard InChI is InChI=1S/C20H23ClN4O2/c1-5-27-18-9-7-6-8-17(18)23-20(26)15(11-22)10-16-14(4)24-25(19(16)21)12-13(2)3/h6-10,13H,5,12H2,1-4H3,(H,23,26)/b15-10+. The van der Waals surface area contributed by atoms with Crippen LogP contribution in [0.3, 0.4) is 0 Å². The summed E-state index contributed by atoms with van der Waals surface area (Å²) in [6, 6.07) is 9.01. The van der Waals surface area contributed by atoms with E-state index in [2.05, 4.69) is 24.3 Å². The average molecular weight is 387 g/mol. The van der Waals surface area contributed by atoms with Crippen LogP contribution < -0.4 is 10.1 Å². The van der Waals surface area contributed by atoms with Crippen LogP contribution in [-0.2, 0) is 11.3 Å². The molecule has 0 fully saturated rings. The van der Waals surface area contributed by atoms with Crippen molar-refractivity contribution in [2.45, 2.75) is 34.2 Å². The molecule has 2 aromatic rings. The lowest BCUT2D eigenvalue weighted by Crippen LogP contribution is -2.14. The molecule has 1 amide bonds. The van der Waals surface area contributed by atoms with Gasteiger partial charge in [0, 0.05) is 12.1 Å². The molecule has 1 N–H and O–H groups in total. The molecule has 7 heteroatoms. The van der Waals surface area contributed by atoms with Gasteiger partial charge in [-0.3, -0.25) is 9.48 Å². The maximum absolute atomic E-state index is 12.6. The first-order chi connectivity index (χ1) is 12.9. The predicted molar refractivity (Wildman–Crippen MR) is 107 cm³/mol.